The van der Waals surface area contributed by atoms with E-state index in [-0.39, 0.29) is 11.9 Å². The Bertz CT molecular complexity index is 803. The van der Waals surface area contributed by atoms with E-state index in [1.807, 2.05) is 61.5 Å². The number of carbonyl (C=O) groups excluding carboxylic acids is 1. The predicted octanol–water partition coefficient (Wildman–Crippen LogP) is 3.88. The van der Waals surface area contributed by atoms with Crippen molar-refractivity contribution < 1.29 is 4.79 Å². The Hall–Kier alpha value is -2.18. The topological polar surface area (TPSA) is 53.2 Å². The molecule has 1 heterocycles. The van der Waals surface area contributed by atoms with Gasteiger partial charge in [-0.05, 0) is 49.0 Å². The largest absolute Gasteiger partial charge is 0.351 e. The minimum absolute atomic E-state index is 0.158. The first-order chi connectivity index (χ1) is 11.5. The lowest BCUT2D eigenvalue weighted by Crippen LogP contribution is -2.45. The molecule has 122 valence electrons. The first-order valence-corrected chi connectivity index (χ1v) is 8.65. The number of halogens is 1. The van der Waals surface area contributed by atoms with E-state index in [1.165, 1.54) is 0 Å². The van der Waals surface area contributed by atoms with Crippen LogP contribution < -0.4 is 16.0 Å². The van der Waals surface area contributed by atoms with Crippen LogP contribution in [0.2, 0.25) is 0 Å². The highest BCUT2D eigenvalue weighted by Gasteiger charge is 2.29. The molecule has 0 saturated carbocycles. The number of rotatable bonds is 3. The molecule has 0 spiro atoms. The van der Waals surface area contributed by atoms with Gasteiger partial charge < -0.3 is 16.0 Å². The maximum Gasteiger partial charge on any atom is 0.255 e. The van der Waals surface area contributed by atoms with Crippen molar-refractivity contribution in [1.82, 2.24) is 10.6 Å². The number of hydrogen-bond donors (Lipinski definition) is 3. The van der Waals surface area contributed by atoms with Crippen LogP contribution in [0.1, 0.15) is 18.5 Å². The Morgan fingerprint density at radius 3 is 2.46 bits per heavy atom. The van der Waals surface area contributed by atoms with Crippen LogP contribution in [0.4, 0.5) is 5.69 Å². The molecule has 0 radical (unpaired) electrons. The van der Waals surface area contributed by atoms with E-state index in [2.05, 4.69) is 31.9 Å². The lowest BCUT2D eigenvalue weighted by molar-refractivity contribution is -0.113. The predicted molar refractivity (Wildman–Crippen MR) is 104 cm³/mol. The van der Waals surface area contributed by atoms with E-state index >= 15 is 0 Å². The monoisotopic (exact) mass is 401 g/mol. The molecule has 24 heavy (non-hydrogen) atoms. The van der Waals surface area contributed by atoms with Crippen molar-refractivity contribution in [2.45, 2.75) is 13.0 Å². The molecule has 6 heteroatoms. The first-order valence-electron chi connectivity index (χ1n) is 7.45. The summed E-state index contributed by atoms with van der Waals surface area (Å²) in [5, 5.41) is 9.67. The van der Waals surface area contributed by atoms with Gasteiger partial charge in [0.1, 0.15) is 0 Å². The molecule has 0 fully saturated rings. The molecule has 1 atom stereocenters. The van der Waals surface area contributed by atoms with Gasteiger partial charge in [-0.1, -0.05) is 46.3 Å². The third-order valence-electron chi connectivity index (χ3n) is 3.75. The quantitative estimate of drug-likeness (QED) is 0.683. The van der Waals surface area contributed by atoms with Crippen LogP contribution in [0.3, 0.4) is 0 Å². The van der Waals surface area contributed by atoms with Crippen molar-refractivity contribution in [2.24, 2.45) is 0 Å². The fourth-order valence-corrected chi connectivity index (χ4v) is 3.16. The number of allylic oxidation sites excluding steroid dienone is 1. The van der Waals surface area contributed by atoms with Crippen LogP contribution >= 0.6 is 28.1 Å². The van der Waals surface area contributed by atoms with Gasteiger partial charge in [-0.15, -0.1) is 0 Å². The number of anilines is 1. The first kappa shape index (κ1) is 16.7. The van der Waals surface area contributed by atoms with Gasteiger partial charge in [-0.3, -0.25) is 4.79 Å². The maximum atomic E-state index is 12.8. The molecular weight excluding hydrogens is 386 g/mol. The van der Waals surface area contributed by atoms with E-state index in [0.717, 1.165) is 21.4 Å². The molecular formula is C18H16BrN3OS. The summed E-state index contributed by atoms with van der Waals surface area (Å²) in [5.41, 5.74) is 3.10. The van der Waals surface area contributed by atoms with Crippen LogP contribution in [-0.2, 0) is 4.79 Å². The minimum atomic E-state index is -0.296. The average molecular weight is 402 g/mol. The number of hydrogen-bond acceptors (Lipinski definition) is 2. The summed E-state index contributed by atoms with van der Waals surface area (Å²) in [4.78, 5) is 12.8. The van der Waals surface area contributed by atoms with Gasteiger partial charge in [0.15, 0.2) is 5.11 Å². The summed E-state index contributed by atoms with van der Waals surface area (Å²) in [6, 6.07) is 16.9. The van der Waals surface area contributed by atoms with Crippen molar-refractivity contribution in [1.29, 1.82) is 0 Å². The van der Waals surface area contributed by atoms with Crippen molar-refractivity contribution in [3.05, 3.63) is 75.9 Å². The summed E-state index contributed by atoms with van der Waals surface area (Å²) in [5.74, 6) is -0.158. The Morgan fingerprint density at radius 1 is 1.12 bits per heavy atom. The van der Waals surface area contributed by atoms with E-state index < -0.39 is 0 Å². The number of carbonyl (C=O) groups is 1. The van der Waals surface area contributed by atoms with Crippen molar-refractivity contribution in [3.8, 4) is 0 Å². The minimum Gasteiger partial charge on any atom is -0.351 e. The average Bonchev–Trinajstić information content (AvgIpc) is 2.55. The summed E-state index contributed by atoms with van der Waals surface area (Å²) in [7, 11) is 0. The molecule has 1 aliphatic heterocycles. The van der Waals surface area contributed by atoms with Crippen LogP contribution in [-0.4, -0.2) is 11.0 Å². The number of benzene rings is 2. The molecule has 0 saturated heterocycles. The van der Waals surface area contributed by atoms with E-state index in [9.17, 15) is 4.79 Å². The Labute approximate surface area is 154 Å². The number of nitrogens with one attached hydrogen (secondary N) is 3. The van der Waals surface area contributed by atoms with E-state index in [0.29, 0.717) is 10.7 Å². The molecule has 0 bridgehead atoms. The lowest BCUT2D eigenvalue weighted by Gasteiger charge is -2.30. The molecule has 0 unspecified atom stereocenters. The number of para-hydroxylation sites is 1. The Morgan fingerprint density at radius 2 is 1.79 bits per heavy atom. The van der Waals surface area contributed by atoms with Crippen molar-refractivity contribution >= 4 is 44.9 Å². The molecule has 1 amide bonds. The third-order valence-corrected chi connectivity index (χ3v) is 4.50. The van der Waals surface area contributed by atoms with Crippen LogP contribution in [0.25, 0.3) is 0 Å². The lowest BCUT2D eigenvalue weighted by atomic mass is 9.95. The Kier molecular flexibility index (Phi) is 4.97. The number of thiocarbonyl (C=S) groups is 1. The molecule has 2 aromatic rings. The highest BCUT2D eigenvalue weighted by molar-refractivity contribution is 9.10. The van der Waals surface area contributed by atoms with Gasteiger partial charge in [0.05, 0.1) is 11.6 Å². The molecule has 4 nitrogen and oxygen atoms in total. The molecule has 2 aromatic carbocycles. The summed E-state index contributed by atoms with van der Waals surface area (Å²) >= 11 is 8.69. The summed E-state index contributed by atoms with van der Waals surface area (Å²) < 4.78 is 0.985. The zero-order valence-corrected chi connectivity index (χ0v) is 15.4. The van der Waals surface area contributed by atoms with Gasteiger partial charge >= 0.3 is 0 Å². The van der Waals surface area contributed by atoms with Crippen molar-refractivity contribution in [2.75, 3.05) is 5.32 Å². The SMILES string of the molecule is CC1=C(C(=O)Nc2ccccc2)[C@H](c2ccc(Br)cc2)NC(=S)N1. The van der Waals surface area contributed by atoms with Crippen LogP contribution in [0.15, 0.2) is 70.3 Å². The van der Waals surface area contributed by atoms with E-state index in [4.69, 9.17) is 12.2 Å². The maximum absolute atomic E-state index is 12.8. The fraction of sp³-hybridized carbons (Fsp3) is 0.111. The smallest absolute Gasteiger partial charge is 0.255 e. The molecule has 1 aliphatic rings. The van der Waals surface area contributed by atoms with Crippen LogP contribution in [0.5, 0.6) is 0 Å². The van der Waals surface area contributed by atoms with Gasteiger partial charge in [0, 0.05) is 15.9 Å². The fourth-order valence-electron chi connectivity index (χ4n) is 2.62. The zero-order valence-electron chi connectivity index (χ0n) is 13.0. The second-order valence-electron chi connectivity index (χ2n) is 5.44. The third kappa shape index (κ3) is 3.66. The van der Waals surface area contributed by atoms with Gasteiger partial charge in [0.25, 0.3) is 5.91 Å². The molecule has 3 N–H and O–H groups in total. The highest BCUT2D eigenvalue weighted by atomic mass is 79.9. The molecule has 3 rings (SSSR count). The molecule has 0 aromatic heterocycles. The normalized spacial score (nSPS) is 17.1. The van der Waals surface area contributed by atoms with Crippen LogP contribution in [0, 0.1) is 0 Å². The number of amides is 1. The van der Waals surface area contributed by atoms with Crippen molar-refractivity contribution in [3.63, 3.8) is 0 Å². The Balaban J connectivity index is 1.94. The molecule has 0 aliphatic carbocycles. The summed E-state index contributed by atoms with van der Waals surface area (Å²) in [6.45, 7) is 1.86. The standard InChI is InChI=1S/C18H16BrN3OS/c1-11-15(17(23)21-14-5-3-2-4-6-14)16(22-18(24)20-11)12-7-9-13(19)10-8-12/h2-10,16H,1H3,(H,21,23)(H2,20,22,24)/t16-/m0/s1. The summed E-state index contributed by atoms with van der Waals surface area (Å²) in [6.07, 6.45) is 0. The van der Waals surface area contributed by atoms with Gasteiger partial charge in [-0.2, -0.15) is 0 Å². The van der Waals surface area contributed by atoms with Gasteiger partial charge in [-0.25, -0.2) is 0 Å². The highest BCUT2D eigenvalue weighted by Crippen LogP contribution is 2.28. The zero-order chi connectivity index (χ0) is 17.1. The van der Waals surface area contributed by atoms with Gasteiger partial charge in [0.2, 0.25) is 0 Å². The second-order valence-corrected chi connectivity index (χ2v) is 6.77. The van der Waals surface area contributed by atoms with E-state index in [1.54, 1.807) is 0 Å². The second kappa shape index (κ2) is 7.15.